The van der Waals surface area contributed by atoms with E-state index in [9.17, 15) is 4.79 Å². The number of aryl methyl sites for hydroxylation is 1. The van der Waals surface area contributed by atoms with Crippen LogP contribution in [0.5, 0.6) is 5.75 Å². The molecule has 7 nitrogen and oxygen atoms in total. The summed E-state index contributed by atoms with van der Waals surface area (Å²) in [6.45, 7) is 10.2. The van der Waals surface area contributed by atoms with Crippen LogP contribution in [0.1, 0.15) is 30.0 Å². The Hall–Kier alpha value is -2.83. The lowest BCUT2D eigenvalue weighted by Crippen LogP contribution is -2.49. The molecule has 1 aliphatic heterocycles. The summed E-state index contributed by atoms with van der Waals surface area (Å²) in [5, 5.41) is 3.24. The number of aromatic nitrogens is 2. The van der Waals surface area contributed by atoms with Crippen LogP contribution in [0.2, 0.25) is 0 Å². The molecule has 1 N–H and O–H groups in total. The summed E-state index contributed by atoms with van der Waals surface area (Å²) in [5.41, 5.74) is 0.694. The highest BCUT2D eigenvalue weighted by Gasteiger charge is 2.23. The van der Waals surface area contributed by atoms with E-state index in [1.165, 1.54) is 0 Å². The molecule has 1 aromatic carbocycles. The van der Waals surface area contributed by atoms with Gasteiger partial charge in [-0.1, -0.05) is 0 Å². The van der Waals surface area contributed by atoms with Crippen molar-refractivity contribution in [3.8, 4) is 5.75 Å². The number of piperazine rings is 1. The van der Waals surface area contributed by atoms with E-state index >= 15 is 0 Å². The predicted molar refractivity (Wildman–Crippen MR) is 107 cm³/mol. The summed E-state index contributed by atoms with van der Waals surface area (Å²) in [6, 6.07) is 9.32. The molecule has 0 atom stereocenters. The summed E-state index contributed by atoms with van der Waals surface area (Å²) in [4.78, 5) is 25.8. The number of rotatable bonds is 6. The first-order chi connectivity index (χ1) is 13.1. The fourth-order valence-electron chi connectivity index (χ4n) is 3.17. The van der Waals surface area contributed by atoms with Gasteiger partial charge in [0.25, 0.3) is 5.91 Å². The van der Waals surface area contributed by atoms with Crippen LogP contribution >= 0.6 is 0 Å². The number of hydrogen-bond donors (Lipinski definition) is 1. The molecule has 1 saturated heterocycles. The average molecular weight is 369 g/mol. The summed E-state index contributed by atoms with van der Waals surface area (Å²) in [6.07, 6.45) is 0. The number of amides is 1. The van der Waals surface area contributed by atoms with Gasteiger partial charge in [0.15, 0.2) is 0 Å². The molecule has 1 aromatic heterocycles. The van der Waals surface area contributed by atoms with E-state index in [0.29, 0.717) is 25.3 Å². The summed E-state index contributed by atoms with van der Waals surface area (Å²) in [5.74, 6) is 3.34. The number of anilines is 2. The second kappa shape index (κ2) is 8.70. The summed E-state index contributed by atoms with van der Waals surface area (Å²) in [7, 11) is 0. The van der Waals surface area contributed by atoms with Gasteiger partial charge in [0.05, 0.1) is 6.61 Å². The van der Waals surface area contributed by atoms with Gasteiger partial charge >= 0.3 is 0 Å². The van der Waals surface area contributed by atoms with Crippen LogP contribution in [-0.2, 0) is 0 Å². The maximum atomic E-state index is 12.7. The Morgan fingerprint density at radius 3 is 2.44 bits per heavy atom. The maximum Gasteiger partial charge on any atom is 0.253 e. The van der Waals surface area contributed by atoms with Crippen LogP contribution in [0.15, 0.2) is 30.3 Å². The zero-order valence-corrected chi connectivity index (χ0v) is 16.2. The van der Waals surface area contributed by atoms with Crippen molar-refractivity contribution in [1.29, 1.82) is 0 Å². The van der Waals surface area contributed by atoms with Crippen LogP contribution in [-0.4, -0.2) is 60.1 Å². The van der Waals surface area contributed by atoms with Gasteiger partial charge in [0.1, 0.15) is 23.2 Å². The molecule has 7 heteroatoms. The van der Waals surface area contributed by atoms with Crippen molar-refractivity contribution in [3.63, 3.8) is 0 Å². The van der Waals surface area contributed by atoms with E-state index in [1.807, 2.05) is 56.0 Å². The fraction of sp³-hybridized carbons (Fsp3) is 0.450. The molecule has 27 heavy (non-hydrogen) atoms. The second-order valence-electron chi connectivity index (χ2n) is 6.43. The number of nitrogens with one attached hydrogen (secondary N) is 1. The fourth-order valence-corrected chi connectivity index (χ4v) is 3.17. The molecule has 3 rings (SSSR count). The van der Waals surface area contributed by atoms with Crippen molar-refractivity contribution < 1.29 is 9.53 Å². The van der Waals surface area contributed by atoms with Crippen molar-refractivity contribution in [2.24, 2.45) is 0 Å². The Labute approximate surface area is 160 Å². The molecule has 2 aromatic rings. The van der Waals surface area contributed by atoms with Crippen LogP contribution in [0.3, 0.4) is 0 Å². The predicted octanol–water partition coefficient (Wildman–Crippen LogP) is 2.58. The molecule has 0 bridgehead atoms. The van der Waals surface area contributed by atoms with Crippen LogP contribution in [0.25, 0.3) is 0 Å². The molecule has 1 amide bonds. The maximum absolute atomic E-state index is 12.7. The number of carbonyl (C=O) groups excluding carboxylic acids is 1. The molecule has 0 spiro atoms. The van der Waals surface area contributed by atoms with Gasteiger partial charge in [-0.05, 0) is 45.0 Å². The first-order valence-corrected chi connectivity index (χ1v) is 9.47. The highest BCUT2D eigenvalue weighted by atomic mass is 16.5. The van der Waals surface area contributed by atoms with Crippen molar-refractivity contribution in [2.45, 2.75) is 20.8 Å². The Bertz CT molecular complexity index is 770. The standard InChI is InChI=1S/C20H27N5O2/c1-4-21-18-14-19(23-15(3)22-18)24-10-12-25(13-11-24)20(26)16-6-8-17(9-7-16)27-5-2/h6-9,14H,4-5,10-13H2,1-3H3,(H,21,22,23). The molecule has 0 aliphatic carbocycles. The number of ether oxygens (including phenoxy) is 1. The number of benzene rings is 1. The Kier molecular flexibility index (Phi) is 6.11. The van der Waals surface area contributed by atoms with E-state index < -0.39 is 0 Å². The molecular formula is C20H27N5O2. The lowest BCUT2D eigenvalue weighted by atomic mass is 10.1. The smallest absolute Gasteiger partial charge is 0.253 e. The minimum atomic E-state index is 0.0601. The van der Waals surface area contributed by atoms with Gasteiger partial charge in [0.2, 0.25) is 0 Å². The van der Waals surface area contributed by atoms with Crippen molar-refractivity contribution in [1.82, 2.24) is 14.9 Å². The van der Waals surface area contributed by atoms with E-state index in [-0.39, 0.29) is 5.91 Å². The van der Waals surface area contributed by atoms with Gasteiger partial charge in [-0.25, -0.2) is 9.97 Å². The molecule has 1 aliphatic rings. The molecular weight excluding hydrogens is 342 g/mol. The van der Waals surface area contributed by atoms with Gasteiger partial charge in [0, 0.05) is 44.4 Å². The monoisotopic (exact) mass is 369 g/mol. The molecule has 0 saturated carbocycles. The minimum Gasteiger partial charge on any atom is -0.494 e. The zero-order valence-electron chi connectivity index (χ0n) is 16.2. The van der Waals surface area contributed by atoms with E-state index in [2.05, 4.69) is 20.2 Å². The molecule has 0 unspecified atom stereocenters. The van der Waals surface area contributed by atoms with Crippen molar-refractivity contribution in [3.05, 3.63) is 41.7 Å². The van der Waals surface area contributed by atoms with Gasteiger partial charge < -0.3 is 19.9 Å². The molecule has 144 valence electrons. The highest BCUT2D eigenvalue weighted by Crippen LogP contribution is 2.19. The lowest BCUT2D eigenvalue weighted by molar-refractivity contribution is 0.0746. The lowest BCUT2D eigenvalue weighted by Gasteiger charge is -2.35. The summed E-state index contributed by atoms with van der Waals surface area (Å²) >= 11 is 0. The summed E-state index contributed by atoms with van der Waals surface area (Å²) < 4.78 is 5.44. The largest absolute Gasteiger partial charge is 0.494 e. The second-order valence-corrected chi connectivity index (χ2v) is 6.43. The molecule has 1 fully saturated rings. The van der Waals surface area contributed by atoms with Gasteiger partial charge in [-0.3, -0.25) is 4.79 Å². The van der Waals surface area contributed by atoms with Crippen molar-refractivity contribution in [2.75, 3.05) is 49.5 Å². The van der Waals surface area contributed by atoms with E-state index in [1.54, 1.807) is 0 Å². The van der Waals surface area contributed by atoms with Crippen molar-refractivity contribution >= 4 is 17.5 Å². The molecule has 2 heterocycles. The van der Waals surface area contributed by atoms with Crippen LogP contribution < -0.4 is 15.0 Å². The number of nitrogens with zero attached hydrogens (tertiary/aromatic N) is 4. The average Bonchev–Trinajstić information content (AvgIpc) is 2.68. The Morgan fingerprint density at radius 2 is 1.81 bits per heavy atom. The third kappa shape index (κ3) is 4.67. The Balaban J connectivity index is 1.62. The van der Waals surface area contributed by atoms with Gasteiger partial charge in [-0.15, -0.1) is 0 Å². The number of carbonyl (C=O) groups is 1. The highest BCUT2D eigenvalue weighted by molar-refractivity contribution is 5.94. The topological polar surface area (TPSA) is 70.6 Å². The first-order valence-electron chi connectivity index (χ1n) is 9.47. The minimum absolute atomic E-state index is 0.0601. The quantitative estimate of drug-likeness (QED) is 0.844. The SMILES string of the molecule is CCNc1cc(N2CCN(C(=O)c3ccc(OCC)cc3)CC2)nc(C)n1. The van der Waals surface area contributed by atoms with Gasteiger partial charge in [-0.2, -0.15) is 0 Å². The van der Waals surface area contributed by atoms with Crippen LogP contribution in [0, 0.1) is 6.92 Å². The molecule has 0 radical (unpaired) electrons. The number of hydrogen-bond acceptors (Lipinski definition) is 6. The zero-order chi connectivity index (χ0) is 19.2. The Morgan fingerprint density at radius 1 is 1.11 bits per heavy atom. The third-order valence-corrected chi connectivity index (χ3v) is 4.49. The van der Waals surface area contributed by atoms with E-state index in [4.69, 9.17) is 4.74 Å². The third-order valence-electron chi connectivity index (χ3n) is 4.49. The van der Waals surface area contributed by atoms with Crippen LogP contribution in [0.4, 0.5) is 11.6 Å². The van der Waals surface area contributed by atoms with E-state index in [0.717, 1.165) is 42.8 Å². The first kappa shape index (κ1) is 18.9. The normalized spacial score (nSPS) is 14.2.